The van der Waals surface area contributed by atoms with Gasteiger partial charge >= 0.3 is 11.9 Å². The summed E-state index contributed by atoms with van der Waals surface area (Å²) >= 11 is 1.31. The van der Waals surface area contributed by atoms with Gasteiger partial charge in [-0.1, -0.05) is 25.0 Å². The minimum atomic E-state index is -1.12. The minimum Gasteiger partial charge on any atom is -0.480 e. The molecule has 1 saturated heterocycles. The van der Waals surface area contributed by atoms with Crippen LogP contribution in [0.25, 0.3) is 0 Å². The molecule has 1 aromatic carbocycles. The van der Waals surface area contributed by atoms with Crippen LogP contribution in [0.2, 0.25) is 0 Å². The molecule has 32 heavy (non-hydrogen) atoms. The highest BCUT2D eigenvalue weighted by Gasteiger charge is 2.44. The number of para-hydroxylation sites is 1. The highest BCUT2D eigenvalue weighted by atomic mass is 32.2. The van der Waals surface area contributed by atoms with Crippen molar-refractivity contribution in [2.75, 3.05) is 31.1 Å². The van der Waals surface area contributed by atoms with Crippen molar-refractivity contribution in [3.05, 3.63) is 24.3 Å². The topological polar surface area (TPSA) is 122 Å². The van der Waals surface area contributed by atoms with Crippen molar-refractivity contribution < 1.29 is 24.2 Å². The van der Waals surface area contributed by atoms with Crippen LogP contribution in [-0.2, 0) is 19.1 Å². The number of fused-ring (bicyclic) bond motifs is 1. The normalized spacial score (nSPS) is 22.7. The van der Waals surface area contributed by atoms with Crippen LogP contribution < -0.4 is 16.0 Å². The average molecular weight is 464 g/mol. The summed E-state index contributed by atoms with van der Waals surface area (Å²) in [4.78, 5) is 40.1. The molecule has 8 nitrogen and oxygen atoms in total. The Bertz CT molecular complexity index is 815. The van der Waals surface area contributed by atoms with E-state index in [0.717, 1.165) is 43.7 Å². The molecule has 1 unspecified atom stereocenters. The first-order valence-electron chi connectivity index (χ1n) is 11.3. The number of anilines is 1. The monoisotopic (exact) mass is 463 g/mol. The SMILES string of the molecule is CCOC(=O)[C@@H](CCCC1CCNCC1)[C@@H]1C(=O)N(CC(=O)O)c2ccccc2SC1N. The van der Waals surface area contributed by atoms with Gasteiger partial charge in [-0.3, -0.25) is 19.3 Å². The van der Waals surface area contributed by atoms with Crippen LogP contribution in [-0.4, -0.2) is 54.6 Å². The number of aliphatic carboxylic acids is 1. The third-order valence-corrected chi connectivity index (χ3v) is 7.39. The Hall–Kier alpha value is -2.10. The Morgan fingerprint density at radius 2 is 2.03 bits per heavy atom. The lowest BCUT2D eigenvalue weighted by molar-refractivity contribution is -0.152. The van der Waals surface area contributed by atoms with Gasteiger partial charge in [-0.2, -0.15) is 0 Å². The number of amides is 1. The Balaban J connectivity index is 1.85. The molecule has 0 spiro atoms. The van der Waals surface area contributed by atoms with Crippen LogP contribution in [0.15, 0.2) is 29.2 Å². The van der Waals surface area contributed by atoms with E-state index in [9.17, 15) is 19.5 Å². The zero-order valence-corrected chi connectivity index (χ0v) is 19.3. The van der Waals surface area contributed by atoms with E-state index in [4.69, 9.17) is 10.5 Å². The van der Waals surface area contributed by atoms with E-state index in [1.54, 1.807) is 19.1 Å². The largest absolute Gasteiger partial charge is 0.480 e. The summed E-state index contributed by atoms with van der Waals surface area (Å²) in [6.07, 6.45) is 4.50. The number of carboxylic acid groups (broad SMARTS) is 1. The maximum absolute atomic E-state index is 13.6. The molecule has 1 amide bonds. The lowest BCUT2D eigenvalue weighted by Crippen LogP contribution is -2.48. The van der Waals surface area contributed by atoms with Crippen molar-refractivity contribution in [1.82, 2.24) is 5.32 Å². The first-order valence-corrected chi connectivity index (χ1v) is 12.2. The van der Waals surface area contributed by atoms with Gasteiger partial charge < -0.3 is 20.9 Å². The number of carboxylic acids is 1. The summed E-state index contributed by atoms with van der Waals surface area (Å²) in [5.74, 6) is -2.95. The fourth-order valence-electron chi connectivity index (χ4n) is 4.63. The Kier molecular flexibility index (Phi) is 8.95. The number of esters is 1. The Labute approximate surface area is 193 Å². The van der Waals surface area contributed by atoms with E-state index < -0.39 is 41.6 Å². The summed E-state index contributed by atoms with van der Waals surface area (Å²) in [7, 11) is 0. The predicted octanol–water partition coefficient (Wildman–Crippen LogP) is 2.46. The molecule has 9 heteroatoms. The molecule has 4 N–H and O–H groups in total. The van der Waals surface area contributed by atoms with Gasteiger partial charge in [-0.05, 0) is 57.3 Å². The highest BCUT2D eigenvalue weighted by molar-refractivity contribution is 8.00. The Morgan fingerprint density at radius 3 is 2.72 bits per heavy atom. The minimum absolute atomic E-state index is 0.214. The fraction of sp³-hybridized carbons (Fsp3) is 0.609. The quantitative estimate of drug-likeness (QED) is 0.478. The number of ether oxygens (including phenoxy) is 1. The average Bonchev–Trinajstić information content (AvgIpc) is 2.86. The number of nitrogens with one attached hydrogen (secondary N) is 1. The van der Waals surface area contributed by atoms with E-state index in [1.807, 2.05) is 12.1 Å². The van der Waals surface area contributed by atoms with E-state index in [1.165, 1.54) is 16.7 Å². The van der Waals surface area contributed by atoms with Gasteiger partial charge in [0.15, 0.2) is 0 Å². The summed E-state index contributed by atoms with van der Waals surface area (Å²) in [6.45, 7) is 3.49. The number of hydrogen-bond donors (Lipinski definition) is 3. The second-order valence-corrected chi connectivity index (χ2v) is 9.60. The molecule has 0 radical (unpaired) electrons. The summed E-state index contributed by atoms with van der Waals surface area (Å²) in [5, 5.41) is 12.1. The van der Waals surface area contributed by atoms with E-state index in [0.29, 0.717) is 18.0 Å². The molecule has 2 heterocycles. The van der Waals surface area contributed by atoms with Crippen LogP contribution in [0.5, 0.6) is 0 Å². The molecule has 0 aliphatic carbocycles. The second-order valence-electron chi connectivity index (χ2n) is 8.38. The molecular formula is C23H33N3O5S. The number of benzene rings is 1. The van der Waals surface area contributed by atoms with Crippen molar-refractivity contribution >= 4 is 35.3 Å². The van der Waals surface area contributed by atoms with Gasteiger partial charge in [-0.25, -0.2) is 0 Å². The van der Waals surface area contributed by atoms with Crippen molar-refractivity contribution in [2.24, 2.45) is 23.5 Å². The van der Waals surface area contributed by atoms with Crippen molar-refractivity contribution in [3.63, 3.8) is 0 Å². The molecule has 1 aromatic rings. The van der Waals surface area contributed by atoms with E-state index in [-0.39, 0.29) is 6.61 Å². The van der Waals surface area contributed by atoms with Crippen molar-refractivity contribution in [2.45, 2.75) is 49.3 Å². The zero-order chi connectivity index (χ0) is 23.1. The summed E-state index contributed by atoms with van der Waals surface area (Å²) < 4.78 is 5.33. The van der Waals surface area contributed by atoms with Crippen LogP contribution >= 0.6 is 11.8 Å². The first kappa shape index (κ1) is 24.5. The van der Waals surface area contributed by atoms with Gasteiger partial charge in [0.2, 0.25) is 5.91 Å². The molecule has 0 saturated carbocycles. The molecule has 2 aliphatic rings. The second kappa shape index (κ2) is 11.7. The molecule has 2 aliphatic heterocycles. The molecule has 3 rings (SSSR count). The van der Waals surface area contributed by atoms with Gasteiger partial charge in [-0.15, -0.1) is 11.8 Å². The van der Waals surface area contributed by atoms with E-state index in [2.05, 4.69) is 5.32 Å². The molecule has 3 atom stereocenters. The van der Waals surface area contributed by atoms with Crippen LogP contribution in [0.4, 0.5) is 5.69 Å². The third kappa shape index (κ3) is 6.02. The fourth-order valence-corrected chi connectivity index (χ4v) is 5.83. The maximum atomic E-state index is 13.6. The molecule has 0 aromatic heterocycles. The molecule has 176 valence electrons. The lowest BCUT2D eigenvalue weighted by atomic mass is 9.84. The number of carbonyl (C=O) groups is 3. The lowest BCUT2D eigenvalue weighted by Gasteiger charge is -2.31. The number of carbonyl (C=O) groups excluding carboxylic acids is 2. The van der Waals surface area contributed by atoms with Crippen molar-refractivity contribution in [1.29, 1.82) is 0 Å². The van der Waals surface area contributed by atoms with Crippen LogP contribution in [0.1, 0.15) is 39.0 Å². The number of rotatable bonds is 9. The standard InChI is InChI=1S/C23H33N3O5S/c1-2-31-23(30)16(7-5-6-15-10-12-25-13-11-15)20-21(24)32-18-9-4-3-8-17(18)26(22(20)29)14-19(27)28/h3-4,8-9,15-16,20-21,25H,2,5-7,10-14,24H2,1H3,(H,27,28)/t16-,20-,21?/m0/s1. The maximum Gasteiger partial charge on any atom is 0.323 e. The first-order chi connectivity index (χ1) is 15.4. The molecular weight excluding hydrogens is 430 g/mol. The van der Waals surface area contributed by atoms with Crippen LogP contribution in [0, 0.1) is 17.8 Å². The Morgan fingerprint density at radius 1 is 1.31 bits per heavy atom. The van der Waals surface area contributed by atoms with Gasteiger partial charge in [0, 0.05) is 4.90 Å². The number of hydrogen-bond acceptors (Lipinski definition) is 7. The molecule has 0 bridgehead atoms. The van der Waals surface area contributed by atoms with E-state index >= 15 is 0 Å². The smallest absolute Gasteiger partial charge is 0.323 e. The van der Waals surface area contributed by atoms with Gasteiger partial charge in [0.05, 0.1) is 29.5 Å². The zero-order valence-electron chi connectivity index (χ0n) is 18.5. The van der Waals surface area contributed by atoms with Gasteiger partial charge in [0.25, 0.3) is 0 Å². The third-order valence-electron chi connectivity index (χ3n) is 6.23. The van der Waals surface area contributed by atoms with Crippen LogP contribution in [0.3, 0.4) is 0 Å². The number of nitrogens with zero attached hydrogens (tertiary/aromatic N) is 1. The number of piperidine rings is 1. The van der Waals surface area contributed by atoms with Gasteiger partial charge in [0.1, 0.15) is 6.54 Å². The van der Waals surface area contributed by atoms with Crippen molar-refractivity contribution in [3.8, 4) is 0 Å². The number of thioether (sulfide) groups is 1. The molecule has 1 fully saturated rings. The number of nitrogens with two attached hydrogens (primary N) is 1. The predicted molar refractivity (Wildman–Crippen MR) is 123 cm³/mol. The summed E-state index contributed by atoms with van der Waals surface area (Å²) in [6, 6.07) is 7.12. The summed E-state index contributed by atoms with van der Waals surface area (Å²) in [5.41, 5.74) is 6.99. The highest BCUT2D eigenvalue weighted by Crippen LogP contribution is 2.42.